The molecular formula is C14H10ClFO. The number of hydrogen-bond donors (Lipinski definition) is 0. The summed E-state index contributed by atoms with van der Waals surface area (Å²) in [7, 11) is 0. The van der Waals surface area contributed by atoms with E-state index in [1.165, 1.54) is 18.2 Å². The van der Waals surface area contributed by atoms with Crippen LogP contribution in [0.4, 0.5) is 4.39 Å². The van der Waals surface area contributed by atoms with E-state index in [0.717, 1.165) is 5.56 Å². The van der Waals surface area contributed by atoms with E-state index < -0.39 is 5.82 Å². The fourth-order valence-corrected chi connectivity index (χ4v) is 1.86. The molecule has 0 unspecified atom stereocenters. The Morgan fingerprint density at radius 2 is 1.71 bits per heavy atom. The van der Waals surface area contributed by atoms with Gasteiger partial charge >= 0.3 is 0 Å². The number of hydrogen-bond acceptors (Lipinski definition) is 1. The maximum Gasteiger partial charge on any atom is 0.194 e. The van der Waals surface area contributed by atoms with Crippen molar-refractivity contribution in [1.29, 1.82) is 0 Å². The van der Waals surface area contributed by atoms with Crippen molar-refractivity contribution in [3.63, 3.8) is 0 Å². The molecule has 0 radical (unpaired) electrons. The zero-order valence-corrected chi connectivity index (χ0v) is 9.96. The van der Waals surface area contributed by atoms with Crippen LogP contribution in [0.15, 0.2) is 42.5 Å². The first-order valence-electron chi connectivity index (χ1n) is 5.15. The van der Waals surface area contributed by atoms with Crippen LogP contribution in [0.1, 0.15) is 21.5 Å². The standard InChI is InChI=1S/C14H10ClFO/c1-9-5-2-3-6-10(9)14(17)11-7-4-8-12(16)13(11)15/h2-8H,1H3. The van der Waals surface area contributed by atoms with Crippen molar-refractivity contribution < 1.29 is 9.18 Å². The van der Waals surface area contributed by atoms with E-state index in [2.05, 4.69) is 0 Å². The summed E-state index contributed by atoms with van der Waals surface area (Å²) in [6, 6.07) is 11.4. The molecular weight excluding hydrogens is 239 g/mol. The second-order valence-corrected chi connectivity index (χ2v) is 4.12. The van der Waals surface area contributed by atoms with Gasteiger partial charge in [-0.1, -0.05) is 41.9 Å². The Morgan fingerprint density at radius 3 is 2.41 bits per heavy atom. The molecule has 2 aromatic rings. The van der Waals surface area contributed by atoms with E-state index in [9.17, 15) is 9.18 Å². The second-order valence-electron chi connectivity index (χ2n) is 3.75. The Kier molecular flexibility index (Phi) is 3.25. The van der Waals surface area contributed by atoms with E-state index in [1.54, 1.807) is 12.1 Å². The van der Waals surface area contributed by atoms with Gasteiger partial charge in [0.15, 0.2) is 5.78 Å². The molecule has 0 saturated heterocycles. The number of benzene rings is 2. The molecule has 2 aromatic carbocycles. The SMILES string of the molecule is Cc1ccccc1C(=O)c1cccc(F)c1Cl. The lowest BCUT2D eigenvalue weighted by molar-refractivity contribution is 0.103. The highest BCUT2D eigenvalue weighted by atomic mass is 35.5. The molecule has 3 heteroatoms. The normalized spacial score (nSPS) is 10.3. The van der Waals surface area contributed by atoms with Crippen molar-refractivity contribution >= 4 is 17.4 Å². The zero-order valence-electron chi connectivity index (χ0n) is 9.21. The van der Waals surface area contributed by atoms with Crippen LogP contribution < -0.4 is 0 Å². The topological polar surface area (TPSA) is 17.1 Å². The van der Waals surface area contributed by atoms with Crippen LogP contribution in [0.5, 0.6) is 0 Å². The minimum Gasteiger partial charge on any atom is -0.289 e. The molecule has 2 rings (SSSR count). The lowest BCUT2D eigenvalue weighted by Gasteiger charge is -2.06. The van der Waals surface area contributed by atoms with Crippen molar-refractivity contribution in [3.05, 3.63) is 70.0 Å². The average molecular weight is 249 g/mol. The lowest BCUT2D eigenvalue weighted by atomic mass is 9.99. The first-order chi connectivity index (χ1) is 8.11. The molecule has 0 bridgehead atoms. The number of ketones is 1. The maximum atomic E-state index is 13.3. The molecule has 1 nitrogen and oxygen atoms in total. The minimum atomic E-state index is -0.578. The summed E-state index contributed by atoms with van der Waals surface area (Å²) in [5.41, 5.74) is 1.58. The summed E-state index contributed by atoms with van der Waals surface area (Å²) >= 11 is 5.79. The van der Waals surface area contributed by atoms with Crippen molar-refractivity contribution in [3.8, 4) is 0 Å². The Labute approximate surface area is 104 Å². The molecule has 0 N–H and O–H groups in total. The minimum absolute atomic E-state index is 0.124. The third-order valence-electron chi connectivity index (χ3n) is 2.59. The third kappa shape index (κ3) is 2.22. The summed E-state index contributed by atoms with van der Waals surface area (Å²) in [4.78, 5) is 12.2. The van der Waals surface area contributed by atoms with Crippen molar-refractivity contribution in [2.24, 2.45) is 0 Å². The molecule has 0 aliphatic rings. The van der Waals surface area contributed by atoms with Gasteiger partial charge in [0.2, 0.25) is 0 Å². The van der Waals surface area contributed by atoms with E-state index >= 15 is 0 Å². The van der Waals surface area contributed by atoms with Crippen LogP contribution in [-0.2, 0) is 0 Å². The summed E-state index contributed by atoms with van der Waals surface area (Å²) in [6.45, 7) is 1.83. The predicted octanol–water partition coefficient (Wildman–Crippen LogP) is 4.02. The highest BCUT2D eigenvalue weighted by molar-refractivity contribution is 6.35. The molecule has 0 heterocycles. The fraction of sp³-hybridized carbons (Fsp3) is 0.0714. The van der Waals surface area contributed by atoms with Crippen molar-refractivity contribution in [2.75, 3.05) is 0 Å². The van der Waals surface area contributed by atoms with Gasteiger partial charge in [-0.15, -0.1) is 0 Å². The molecule has 0 atom stereocenters. The van der Waals surface area contributed by atoms with Gasteiger partial charge < -0.3 is 0 Å². The van der Waals surface area contributed by atoms with Crippen molar-refractivity contribution in [1.82, 2.24) is 0 Å². The lowest BCUT2D eigenvalue weighted by Crippen LogP contribution is -2.05. The monoisotopic (exact) mass is 248 g/mol. The van der Waals surface area contributed by atoms with Crippen molar-refractivity contribution in [2.45, 2.75) is 6.92 Å². The van der Waals surface area contributed by atoms with Gasteiger partial charge in [-0.05, 0) is 24.6 Å². The van der Waals surface area contributed by atoms with Gasteiger partial charge in [0, 0.05) is 11.1 Å². The summed E-state index contributed by atoms with van der Waals surface area (Å²) in [6.07, 6.45) is 0. The van der Waals surface area contributed by atoms with Crippen LogP contribution >= 0.6 is 11.6 Å². The molecule has 0 fully saturated rings. The molecule has 86 valence electrons. The quantitative estimate of drug-likeness (QED) is 0.734. The molecule has 0 saturated carbocycles. The smallest absolute Gasteiger partial charge is 0.194 e. The van der Waals surface area contributed by atoms with Crippen LogP contribution in [0, 0.1) is 12.7 Å². The second kappa shape index (κ2) is 4.68. The number of halogens is 2. The van der Waals surface area contributed by atoms with Crippen LogP contribution in [-0.4, -0.2) is 5.78 Å². The van der Waals surface area contributed by atoms with Gasteiger partial charge in [-0.2, -0.15) is 0 Å². The van der Waals surface area contributed by atoms with E-state index in [-0.39, 0.29) is 16.4 Å². The molecule has 17 heavy (non-hydrogen) atoms. The fourth-order valence-electron chi connectivity index (χ4n) is 1.65. The number of rotatable bonds is 2. The first-order valence-corrected chi connectivity index (χ1v) is 5.53. The summed E-state index contributed by atoms with van der Waals surface area (Å²) in [5.74, 6) is -0.835. The van der Waals surface area contributed by atoms with Gasteiger partial charge in [0.05, 0.1) is 5.02 Å². The van der Waals surface area contributed by atoms with Gasteiger partial charge in [-0.3, -0.25) is 4.79 Å². The average Bonchev–Trinajstić information content (AvgIpc) is 2.32. The predicted molar refractivity (Wildman–Crippen MR) is 66.0 cm³/mol. The molecule has 0 amide bonds. The number of carbonyl (C=O) groups is 1. The third-order valence-corrected chi connectivity index (χ3v) is 2.97. The zero-order chi connectivity index (χ0) is 12.4. The Hall–Kier alpha value is -1.67. The summed E-state index contributed by atoms with van der Waals surface area (Å²) < 4.78 is 13.3. The molecule has 0 spiro atoms. The largest absolute Gasteiger partial charge is 0.289 e. The van der Waals surface area contributed by atoms with Crippen LogP contribution in [0.3, 0.4) is 0 Å². The maximum absolute atomic E-state index is 13.3. The molecule has 0 aliphatic heterocycles. The van der Waals surface area contributed by atoms with E-state index in [1.807, 2.05) is 19.1 Å². The van der Waals surface area contributed by atoms with Crippen LogP contribution in [0.2, 0.25) is 5.02 Å². The Balaban J connectivity index is 2.52. The molecule has 0 aliphatic carbocycles. The highest BCUT2D eigenvalue weighted by Gasteiger charge is 2.16. The number of aryl methyl sites for hydroxylation is 1. The van der Waals surface area contributed by atoms with Crippen LogP contribution in [0.25, 0.3) is 0 Å². The highest BCUT2D eigenvalue weighted by Crippen LogP contribution is 2.23. The Morgan fingerprint density at radius 1 is 1.06 bits per heavy atom. The summed E-state index contributed by atoms with van der Waals surface area (Å²) in [5, 5.41) is -0.124. The van der Waals surface area contributed by atoms with E-state index in [4.69, 9.17) is 11.6 Å². The number of carbonyl (C=O) groups excluding carboxylic acids is 1. The Bertz CT molecular complexity index is 578. The first kappa shape index (κ1) is 11.8. The van der Waals surface area contributed by atoms with Gasteiger partial charge in [0.1, 0.15) is 5.82 Å². The van der Waals surface area contributed by atoms with E-state index in [0.29, 0.717) is 5.56 Å². The van der Waals surface area contributed by atoms with Gasteiger partial charge in [0.25, 0.3) is 0 Å². The van der Waals surface area contributed by atoms with Gasteiger partial charge in [-0.25, -0.2) is 4.39 Å². The molecule has 0 aromatic heterocycles.